The second kappa shape index (κ2) is 13.9. The van der Waals surface area contributed by atoms with E-state index in [4.69, 9.17) is 23.2 Å². The van der Waals surface area contributed by atoms with Gasteiger partial charge in [-0.05, 0) is 69.7 Å². The van der Waals surface area contributed by atoms with Gasteiger partial charge in [-0.2, -0.15) is 0 Å². The van der Waals surface area contributed by atoms with E-state index in [1.54, 1.807) is 61.5 Å². The lowest BCUT2D eigenvalue weighted by atomic mass is 10.1. The first-order chi connectivity index (χ1) is 18.8. The standard InChI is InChI=1S/C29H32BrCl2N3O4S/c1-5-20(3)33-29(37)21(4)34(17-25-26(31)10-7-11-27(25)32)28(36)18-35(23-9-6-8-22(30)16-23)40(38,39)24-14-12-19(2)13-15-24/h6-16,20-21H,5,17-18H2,1-4H3,(H,33,37)/t20-,21-/m0/s1. The average Bonchev–Trinajstić information content (AvgIpc) is 2.91. The maximum absolute atomic E-state index is 14.0. The van der Waals surface area contributed by atoms with Crippen LogP contribution in [0.15, 0.2) is 76.1 Å². The molecule has 0 radical (unpaired) electrons. The number of anilines is 1. The van der Waals surface area contributed by atoms with Gasteiger partial charge in [0.15, 0.2) is 0 Å². The highest BCUT2D eigenvalue weighted by Gasteiger charge is 2.33. The summed E-state index contributed by atoms with van der Waals surface area (Å²) < 4.78 is 29.5. The highest BCUT2D eigenvalue weighted by Crippen LogP contribution is 2.29. The third kappa shape index (κ3) is 7.78. The highest BCUT2D eigenvalue weighted by atomic mass is 79.9. The van der Waals surface area contributed by atoms with Crippen molar-refractivity contribution in [3.63, 3.8) is 0 Å². The Kier molecular flexibility index (Phi) is 11.1. The number of carbonyl (C=O) groups excluding carboxylic acids is 2. The van der Waals surface area contributed by atoms with Crippen LogP contribution >= 0.6 is 39.1 Å². The number of benzene rings is 3. The summed E-state index contributed by atoms with van der Waals surface area (Å²) in [5.41, 5.74) is 1.64. The van der Waals surface area contributed by atoms with Crippen LogP contribution in [-0.2, 0) is 26.2 Å². The van der Waals surface area contributed by atoms with Gasteiger partial charge in [0.05, 0.1) is 10.6 Å². The molecule has 0 saturated carbocycles. The van der Waals surface area contributed by atoms with Crippen LogP contribution in [-0.4, -0.2) is 43.8 Å². The molecule has 40 heavy (non-hydrogen) atoms. The third-order valence-electron chi connectivity index (χ3n) is 6.54. The summed E-state index contributed by atoms with van der Waals surface area (Å²) in [6, 6.07) is 17.0. The number of carbonyl (C=O) groups is 2. The van der Waals surface area contributed by atoms with Crippen molar-refractivity contribution in [2.24, 2.45) is 0 Å². The van der Waals surface area contributed by atoms with Crippen LogP contribution in [0.4, 0.5) is 5.69 Å². The second-order valence-electron chi connectivity index (χ2n) is 9.52. The lowest BCUT2D eigenvalue weighted by molar-refractivity contribution is -0.139. The van der Waals surface area contributed by atoms with E-state index in [0.717, 1.165) is 9.87 Å². The number of nitrogens with zero attached hydrogens (tertiary/aromatic N) is 2. The monoisotopic (exact) mass is 667 g/mol. The molecule has 3 rings (SSSR count). The molecule has 0 fully saturated rings. The molecule has 1 N–H and O–H groups in total. The molecule has 2 atom stereocenters. The van der Waals surface area contributed by atoms with Crippen LogP contribution in [0.3, 0.4) is 0 Å². The van der Waals surface area contributed by atoms with E-state index >= 15 is 0 Å². The number of rotatable bonds is 11. The van der Waals surface area contributed by atoms with Crippen LogP contribution in [0.5, 0.6) is 0 Å². The first-order valence-corrected chi connectivity index (χ1v) is 15.7. The number of halogens is 3. The summed E-state index contributed by atoms with van der Waals surface area (Å²) in [5.74, 6) is -0.972. The molecule has 7 nitrogen and oxygen atoms in total. The molecule has 11 heteroatoms. The van der Waals surface area contributed by atoms with E-state index in [2.05, 4.69) is 21.2 Å². The van der Waals surface area contributed by atoms with Gasteiger partial charge in [0.25, 0.3) is 10.0 Å². The fraction of sp³-hybridized carbons (Fsp3) is 0.310. The van der Waals surface area contributed by atoms with Crippen LogP contribution in [0.25, 0.3) is 0 Å². The Hall–Kier alpha value is -2.59. The molecule has 0 spiro atoms. The molecular formula is C29H32BrCl2N3O4S. The topological polar surface area (TPSA) is 86.8 Å². The van der Waals surface area contributed by atoms with Gasteiger partial charge in [-0.15, -0.1) is 0 Å². The molecule has 0 aromatic heterocycles. The molecule has 0 bridgehead atoms. The van der Waals surface area contributed by atoms with E-state index < -0.39 is 28.5 Å². The van der Waals surface area contributed by atoms with E-state index in [1.165, 1.54) is 17.0 Å². The summed E-state index contributed by atoms with van der Waals surface area (Å²) in [5, 5.41) is 3.56. The minimum absolute atomic E-state index is 0.0362. The third-order valence-corrected chi connectivity index (χ3v) is 9.53. The maximum atomic E-state index is 14.0. The number of aryl methyl sites for hydroxylation is 1. The Balaban J connectivity index is 2.07. The molecule has 0 aliphatic rings. The van der Waals surface area contributed by atoms with Crippen molar-refractivity contribution in [2.45, 2.75) is 57.6 Å². The lowest BCUT2D eigenvalue weighted by Gasteiger charge is -2.33. The highest BCUT2D eigenvalue weighted by molar-refractivity contribution is 9.10. The van der Waals surface area contributed by atoms with Gasteiger partial charge in [-0.3, -0.25) is 13.9 Å². The van der Waals surface area contributed by atoms with E-state index in [1.807, 2.05) is 20.8 Å². The Labute approximate surface area is 254 Å². The van der Waals surface area contributed by atoms with Gasteiger partial charge >= 0.3 is 0 Å². The number of nitrogens with one attached hydrogen (secondary N) is 1. The predicted octanol–water partition coefficient (Wildman–Crippen LogP) is 6.59. The molecule has 3 aromatic rings. The predicted molar refractivity (Wildman–Crippen MR) is 164 cm³/mol. The van der Waals surface area contributed by atoms with Gasteiger partial charge in [0.1, 0.15) is 12.6 Å². The first kappa shape index (κ1) is 31.9. The van der Waals surface area contributed by atoms with Gasteiger partial charge in [0, 0.05) is 32.7 Å². The Morgan fingerprint density at radius 1 is 0.975 bits per heavy atom. The molecule has 0 saturated heterocycles. The van der Waals surface area contributed by atoms with Crippen molar-refractivity contribution >= 4 is 66.7 Å². The van der Waals surface area contributed by atoms with E-state index in [0.29, 0.717) is 26.5 Å². The Morgan fingerprint density at radius 3 is 2.15 bits per heavy atom. The molecule has 3 aromatic carbocycles. The zero-order valence-corrected chi connectivity index (χ0v) is 26.6. The zero-order valence-electron chi connectivity index (χ0n) is 22.7. The summed E-state index contributed by atoms with van der Waals surface area (Å²) in [4.78, 5) is 28.5. The summed E-state index contributed by atoms with van der Waals surface area (Å²) in [7, 11) is -4.16. The van der Waals surface area contributed by atoms with Crippen LogP contribution in [0.1, 0.15) is 38.3 Å². The van der Waals surface area contributed by atoms with Crippen molar-refractivity contribution in [2.75, 3.05) is 10.8 Å². The fourth-order valence-corrected chi connectivity index (χ4v) is 6.21. The van der Waals surface area contributed by atoms with E-state index in [-0.39, 0.29) is 29.1 Å². The smallest absolute Gasteiger partial charge is 0.264 e. The summed E-state index contributed by atoms with van der Waals surface area (Å²) in [6.07, 6.45) is 0.703. The minimum Gasteiger partial charge on any atom is -0.352 e. The summed E-state index contributed by atoms with van der Waals surface area (Å²) in [6.45, 7) is 6.60. The number of hydrogen-bond acceptors (Lipinski definition) is 4. The number of amides is 2. The van der Waals surface area contributed by atoms with Gasteiger partial charge < -0.3 is 10.2 Å². The molecule has 0 unspecified atom stereocenters. The molecule has 0 aliphatic heterocycles. The molecule has 214 valence electrons. The van der Waals surface area contributed by atoms with Crippen LogP contribution < -0.4 is 9.62 Å². The molecular weight excluding hydrogens is 637 g/mol. The van der Waals surface area contributed by atoms with Crippen molar-refractivity contribution in [3.8, 4) is 0 Å². The largest absolute Gasteiger partial charge is 0.352 e. The van der Waals surface area contributed by atoms with Crippen LogP contribution in [0.2, 0.25) is 10.0 Å². The first-order valence-electron chi connectivity index (χ1n) is 12.7. The summed E-state index contributed by atoms with van der Waals surface area (Å²) >= 11 is 16.2. The number of hydrogen-bond donors (Lipinski definition) is 1. The minimum atomic E-state index is -4.16. The zero-order chi connectivity index (χ0) is 29.6. The van der Waals surface area contributed by atoms with Crippen molar-refractivity contribution in [1.29, 1.82) is 0 Å². The SMILES string of the molecule is CC[C@H](C)NC(=O)[C@H](C)N(Cc1c(Cl)cccc1Cl)C(=O)CN(c1cccc(Br)c1)S(=O)(=O)c1ccc(C)cc1. The van der Waals surface area contributed by atoms with Crippen molar-refractivity contribution in [3.05, 3.63) is 92.4 Å². The molecule has 0 aliphatic carbocycles. The van der Waals surface area contributed by atoms with Gasteiger partial charge in [-0.25, -0.2) is 8.42 Å². The number of sulfonamides is 1. The average molecular weight is 669 g/mol. The van der Waals surface area contributed by atoms with Gasteiger partial charge in [0.2, 0.25) is 11.8 Å². The van der Waals surface area contributed by atoms with Gasteiger partial charge in [-0.1, -0.05) is 75.9 Å². The van der Waals surface area contributed by atoms with Crippen molar-refractivity contribution < 1.29 is 18.0 Å². The second-order valence-corrected chi connectivity index (χ2v) is 13.1. The van der Waals surface area contributed by atoms with Crippen molar-refractivity contribution in [1.82, 2.24) is 10.2 Å². The van der Waals surface area contributed by atoms with E-state index in [9.17, 15) is 18.0 Å². The quantitative estimate of drug-likeness (QED) is 0.250. The Bertz CT molecular complexity index is 1450. The fourth-order valence-electron chi connectivity index (χ4n) is 3.90. The van der Waals surface area contributed by atoms with Crippen LogP contribution in [0, 0.1) is 6.92 Å². The Morgan fingerprint density at radius 2 is 1.57 bits per heavy atom. The lowest BCUT2D eigenvalue weighted by Crippen LogP contribution is -2.52. The molecule has 0 heterocycles. The molecule has 2 amide bonds. The maximum Gasteiger partial charge on any atom is 0.264 e. The normalized spacial score (nSPS) is 12.9.